The van der Waals surface area contributed by atoms with Crippen LogP contribution in [0.25, 0.3) is 0 Å². The summed E-state index contributed by atoms with van der Waals surface area (Å²) in [6.45, 7) is 0. The van der Waals surface area contributed by atoms with E-state index < -0.39 is 25.8 Å². The fourth-order valence-corrected chi connectivity index (χ4v) is 2.70. The van der Waals surface area contributed by atoms with Crippen LogP contribution < -0.4 is 4.72 Å². The minimum atomic E-state index is -4.23. The second kappa shape index (κ2) is 6.42. The molecule has 0 aliphatic heterocycles. The Labute approximate surface area is 135 Å². The van der Waals surface area contributed by atoms with Gasteiger partial charge in [0.05, 0.1) is 14.7 Å². The van der Waals surface area contributed by atoms with Gasteiger partial charge in [0.1, 0.15) is 0 Å². The molecule has 124 valence electrons. The van der Waals surface area contributed by atoms with Gasteiger partial charge in [0.25, 0.3) is 27.3 Å². The predicted octanol–water partition coefficient (Wildman–Crippen LogP) is 1.62. The molecule has 1 N–H and O–H groups in total. The maximum Gasteiger partial charge on any atom is 0.269 e. The van der Waals surface area contributed by atoms with E-state index in [4.69, 9.17) is 0 Å². The van der Waals surface area contributed by atoms with Crippen LogP contribution in [0.5, 0.6) is 0 Å². The second-order valence-corrected chi connectivity index (χ2v) is 6.17. The summed E-state index contributed by atoms with van der Waals surface area (Å²) in [4.78, 5) is 31.3. The number of nitro groups is 2. The van der Waals surface area contributed by atoms with Crippen molar-refractivity contribution in [1.29, 1.82) is 0 Å². The number of hydrogen-bond donors (Lipinski definition) is 1. The normalized spacial score (nSPS) is 10.8. The van der Waals surface area contributed by atoms with Gasteiger partial charge in [-0.3, -0.25) is 25.0 Å². The van der Waals surface area contributed by atoms with E-state index in [1.165, 1.54) is 0 Å². The summed E-state index contributed by atoms with van der Waals surface area (Å²) in [5.74, 6) is -0.983. The average molecular weight is 351 g/mol. The predicted molar refractivity (Wildman–Crippen MR) is 80.8 cm³/mol. The molecule has 1 amide bonds. The maximum atomic E-state index is 12.1. The van der Waals surface area contributed by atoms with Crippen molar-refractivity contribution in [2.45, 2.75) is 4.90 Å². The number of nitrogens with zero attached hydrogens (tertiary/aromatic N) is 2. The van der Waals surface area contributed by atoms with Gasteiger partial charge in [0.15, 0.2) is 0 Å². The lowest BCUT2D eigenvalue weighted by molar-refractivity contribution is -0.385. The highest BCUT2D eigenvalue weighted by atomic mass is 32.2. The highest BCUT2D eigenvalue weighted by Gasteiger charge is 2.20. The maximum absolute atomic E-state index is 12.1. The van der Waals surface area contributed by atoms with Gasteiger partial charge in [0.2, 0.25) is 0 Å². The molecule has 0 fully saturated rings. The Bertz CT molecular complexity index is 906. The Morgan fingerprint density at radius 2 is 1.25 bits per heavy atom. The Kier molecular flexibility index (Phi) is 4.55. The van der Waals surface area contributed by atoms with Crippen LogP contribution in [-0.4, -0.2) is 24.2 Å². The van der Waals surface area contributed by atoms with Crippen LogP contribution in [0.4, 0.5) is 11.4 Å². The van der Waals surface area contributed by atoms with Gasteiger partial charge in [-0.2, -0.15) is 0 Å². The molecule has 0 aromatic heterocycles. The fraction of sp³-hybridized carbons (Fsp3) is 0. The van der Waals surface area contributed by atoms with Crippen LogP contribution in [0.3, 0.4) is 0 Å². The molecular weight excluding hydrogens is 342 g/mol. The summed E-state index contributed by atoms with van der Waals surface area (Å²) in [6.07, 6.45) is 0. The van der Waals surface area contributed by atoms with Crippen LogP contribution in [0.2, 0.25) is 0 Å². The number of carbonyl (C=O) groups is 1. The third-order valence-electron chi connectivity index (χ3n) is 2.93. The Morgan fingerprint density at radius 1 is 0.833 bits per heavy atom. The van der Waals surface area contributed by atoms with Gasteiger partial charge in [-0.1, -0.05) is 0 Å². The molecule has 0 saturated heterocycles. The van der Waals surface area contributed by atoms with E-state index in [9.17, 15) is 33.4 Å². The Hall–Kier alpha value is -3.34. The van der Waals surface area contributed by atoms with Gasteiger partial charge in [-0.25, -0.2) is 13.1 Å². The number of amides is 1. The van der Waals surface area contributed by atoms with Crippen molar-refractivity contribution in [2.24, 2.45) is 0 Å². The number of non-ortho nitro benzene ring substituents is 2. The molecule has 2 aromatic carbocycles. The summed E-state index contributed by atoms with van der Waals surface area (Å²) < 4.78 is 25.9. The fourth-order valence-electron chi connectivity index (χ4n) is 1.72. The topological polar surface area (TPSA) is 150 Å². The van der Waals surface area contributed by atoms with Gasteiger partial charge in [-0.05, 0) is 24.3 Å². The third-order valence-corrected chi connectivity index (χ3v) is 4.27. The number of carbonyl (C=O) groups excluding carboxylic acids is 1. The average Bonchev–Trinajstić information content (AvgIpc) is 2.54. The molecule has 11 heteroatoms. The quantitative estimate of drug-likeness (QED) is 0.635. The van der Waals surface area contributed by atoms with E-state index in [0.29, 0.717) is 0 Å². The van der Waals surface area contributed by atoms with Crippen molar-refractivity contribution in [2.75, 3.05) is 0 Å². The van der Waals surface area contributed by atoms with E-state index in [1.54, 1.807) is 4.72 Å². The van der Waals surface area contributed by atoms with Crippen molar-refractivity contribution in [3.63, 3.8) is 0 Å². The Morgan fingerprint density at radius 3 is 1.67 bits per heavy atom. The Balaban J connectivity index is 2.20. The first-order valence-corrected chi connectivity index (χ1v) is 7.75. The molecule has 0 saturated carbocycles. The zero-order chi connectivity index (χ0) is 17.9. The molecule has 2 aromatic rings. The number of rotatable bonds is 5. The van der Waals surface area contributed by atoms with Gasteiger partial charge in [0, 0.05) is 29.8 Å². The molecule has 0 radical (unpaired) electrons. The van der Waals surface area contributed by atoms with Crippen LogP contribution in [0, 0.1) is 20.2 Å². The number of hydrogen-bond acceptors (Lipinski definition) is 7. The zero-order valence-electron chi connectivity index (χ0n) is 11.8. The molecule has 10 nitrogen and oxygen atoms in total. The van der Waals surface area contributed by atoms with Crippen LogP contribution in [0.1, 0.15) is 10.4 Å². The van der Waals surface area contributed by atoms with Crippen molar-refractivity contribution >= 4 is 27.3 Å². The molecule has 0 aliphatic rings. The molecule has 24 heavy (non-hydrogen) atoms. The van der Waals surface area contributed by atoms with Crippen molar-refractivity contribution in [3.8, 4) is 0 Å². The molecule has 0 unspecified atom stereocenters. The van der Waals surface area contributed by atoms with E-state index >= 15 is 0 Å². The number of nitrogens with one attached hydrogen (secondary N) is 1. The van der Waals surface area contributed by atoms with Gasteiger partial charge in [-0.15, -0.1) is 0 Å². The van der Waals surface area contributed by atoms with Crippen LogP contribution in [0.15, 0.2) is 53.4 Å². The highest BCUT2D eigenvalue weighted by molar-refractivity contribution is 7.90. The van der Waals surface area contributed by atoms with E-state index in [2.05, 4.69) is 0 Å². The third kappa shape index (κ3) is 3.70. The van der Waals surface area contributed by atoms with Crippen molar-refractivity contribution in [1.82, 2.24) is 4.72 Å². The minimum absolute atomic E-state index is 0.0916. The first-order valence-electron chi connectivity index (χ1n) is 6.27. The van der Waals surface area contributed by atoms with Gasteiger partial charge >= 0.3 is 0 Å². The molecule has 2 rings (SSSR count). The van der Waals surface area contributed by atoms with E-state index in [1.807, 2.05) is 0 Å². The first-order chi connectivity index (χ1) is 11.2. The minimum Gasteiger partial charge on any atom is -0.268 e. The zero-order valence-corrected chi connectivity index (χ0v) is 12.6. The SMILES string of the molecule is O=C(NS(=O)(=O)c1ccc([N+](=O)[O-])cc1)c1ccc([N+](=O)[O-])cc1. The first kappa shape index (κ1) is 17.0. The number of benzene rings is 2. The molecule has 0 bridgehead atoms. The second-order valence-electron chi connectivity index (χ2n) is 4.49. The summed E-state index contributed by atoms with van der Waals surface area (Å²) in [5.41, 5.74) is -0.633. The van der Waals surface area contributed by atoms with Crippen LogP contribution >= 0.6 is 0 Å². The number of sulfonamides is 1. The molecule has 0 spiro atoms. The van der Waals surface area contributed by atoms with Crippen molar-refractivity contribution < 1.29 is 23.1 Å². The number of nitro benzene ring substituents is 2. The molecule has 0 aliphatic carbocycles. The van der Waals surface area contributed by atoms with Crippen LogP contribution in [-0.2, 0) is 10.0 Å². The summed E-state index contributed by atoms with van der Waals surface area (Å²) in [6, 6.07) is 8.31. The molecule has 0 heterocycles. The molecule has 0 atom stereocenters. The lowest BCUT2D eigenvalue weighted by Gasteiger charge is -2.06. The van der Waals surface area contributed by atoms with E-state index in [-0.39, 0.29) is 21.8 Å². The largest absolute Gasteiger partial charge is 0.269 e. The molecular formula is C13H9N3O7S. The van der Waals surface area contributed by atoms with Crippen molar-refractivity contribution in [3.05, 3.63) is 74.3 Å². The summed E-state index contributed by atoms with van der Waals surface area (Å²) in [7, 11) is -4.23. The lowest BCUT2D eigenvalue weighted by atomic mass is 10.2. The highest BCUT2D eigenvalue weighted by Crippen LogP contribution is 2.17. The van der Waals surface area contributed by atoms with E-state index in [0.717, 1.165) is 48.5 Å². The monoisotopic (exact) mass is 351 g/mol. The summed E-state index contributed by atoms with van der Waals surface area (Å²) >= 11 is 0. The lowest BCUT2D eigenvalue weighted by Crippen LogP contribution is -2.30. The smallest absolute Gasteiger partial charge is 0.268 e. The summed E-state index contributed by atoms with van der Waals surface area (Å²) in [5, 5.41) is 21.1. The standard InChI is InChI=1S/C13H9N3O7S/c17-13(9-1-3-10(4-2-9)15(18)19)14-24(22,23)12-7-5-11(6-8-12)16(20)21/h1-8H,(H,14,17). The van der Waals surface area contributed by atoms with Gasteiger partial charge < -0.3 is 0 Å².